The van der Waals surface area contributed by atoms with Gasteiger partial charge in [-0.3, -0.25) is 0 Å². The van der Waals surface area contributed by atoms with Crippen molar-refractivity contribution in [3.8, 4) is 0 Å². The Kier molecular flexibility index (Phi) is 4.80. The van der Waals surface area contributed by atoms with Gasteiger partial charge in [0.2, 0.25) is 0 Å². The van der Waals surface area contributed by atoms with Crippen LogP contribution in [0.25, 0.3) is 0 Å². The van der Waals surface area contributed by atoms with Crippen molar-refractivity contribution >= 4 is 27.8 Å². The lowest BCUT2D eigenvalue weighted by Crippen LogP contribution is -2.43. The molecule has 1 fully saturated rings. The van der Waals surface area contributed by atoms with Crippen molar-refractivity contribution < 1.29 is 4.57 Å². The SMILES string of the molecule is CC[n+]1cc(C)sc1/N=N/c1ccc(N2CCNCC2)cc1. The van der Waals surface area contributed by atoms with Crippen LogP contribution >= 0.6 is 11.3 Å². The van der Waals surface area contributed by atoms with E-state index in [1.807, 2.05) is 12.1 Å². The highest BCUT2D eigenvalue weighted by Gasteiger charge is 2.13. The predicted octanol–water partition coefficient (Wildman–Crippen LogP) is 3.19. The van der Waals surface area contributed by atoms with Gasteiger partial charge >= 0.3 is 5.13 Å². The third kappa shape index (κ3) is 3.51. The lowest BCUT2D eigenvalue weighted by Gasteiger charge is -2.29. The molecule has 1 aliphatic rings. The first kappa shape index (κ1) is 15.1. The Hall–Kier alpha value is -1.79. The van der Waals surface area contributed by atoms with Crippen LogP contribution in [0.4, 0.5) is 16.5 Å². The van der Waals surface area contributed by atoms with E-state index >= 15 is 0 Å². The van der Waals surface area contributed by atoms with Crippen LogP contribution in [0.1, 0.15) is 11.8 Å². The minimum Gasteiger partial charge on any atom is -0.369 e. The second-order valence-corrected chi connectivity index (χ2v) is 6.58. The smallest absolute Gasteiger partial charge is 0.369 e. The van der Waals surface area contributed by atoms with E-state index in [9.17, 15) is 0 Å². The molecule has 5 nitrogen and oxygen atoms in total. The zero-order valence-electron chi connectivity index (χ0n) is 13.1. The van der Waals surface area contributed by atoms with Crippen molar-refractivity contribution in [3.63, 3.8) is 0 Å². The van der Waals surface area contributed by atoms with E-state index in [-0.39, 0.29) is 0 Å². The molecular formula is C16H22N5S+. The molecule has 1 N–H and O–H groups in total. The second-order valence-electron chi connectivity index (χ2n) is 5.36. The van der Waals surface area contributed by atoms with Gasteiger partial charge in [0.05, 0.1) is 11.7 Å². The topological polar surface area (TPSA) is 43.9 Å². The molecule has 0 amide bonds. The van der Waals surface area contributed by atoms with E-state index in [1.165, 1.54) is 10.6 Å². The van der Waals surface area contributed by atoms with Gasteiger partial charge in [-0.05, 0) is 54.6 Å². The van der Waals surface area contributed by atoms with Gasteiger partial charge in [0.15, 0.2) is 0 Å². The third-order valence-electron chi connectivity index (χ3n) is 3.76. The lowest BCUT2D eigenvalue weighted by atomic mass is 10.2. The fourth-order valence-electron chi connectivity index (χ4n) is 2.56. The summed E-state index contributed by atoms with van der Waals surface area (Å²) < 4.78 is 2.12. The van der Waals surface area contributed by atoms with Crippen LogP contribution in [0.2, 0.25) is 0 Å². The summed E-state index contributed by atoms with van der Waals surface area (Å²) in [4.78, 5) is 3.65. The summed E-state index contributed by atoms with van der Waals surface area (Å²) in [6.45, 7) is 9.36. The molecule has 1 aliphatic heterocycles. The number of piperazine rings is 1. The molecule has 0 unspecified atom stereocenters. The molecule has 2 aromatic rings. The first-order valence-corrected chi connectivity index (χ1v) is 8.55. The molecule has 0 aliphatic carbocycles. The van der Waals surface area contributed by atoms with Crippen LogP contribution in [-0.2, 0) is 6.54 Å². The molecule has 0 radical (unpaired) electrons. The maximum absolute atomic E-state index is 4.39. The number of hydrogen-bond acceptors (Lipinski definition) is 5. The van der Waals surface area contributed by atoms with Crippen molar-refractivity contribution in [1.82, 2.24) is 5.32 Å². The first-order valence-electron chi connectivity index (χ1n) is 7.73. The molecule has 0 atom stereocenters. The molecule has 0 spiro atoms. The van der Waals surface area contributed by atoms with Gasteiger partial charge in [-0.25, -0.2) is 4.57 Å². The maximum atomic E-state index is 4.39. The Bertz CT molecular complexity index is 641. The summed E-state index contributed by atoms with van der Waals surface area (Å²) in [5.41, 5.74) is 2.16. The standard InChI is InChI=1S/C16H22N5S/c1-3-20-12-13(2)22-16(20)19-18-14-4-6-15(7-5-14)21-10-8-17-9-11-21/h4-7,12,17H,3,8-11H2,1-2H3/q+1. The molecule has 22 heavy (non-hydrogen) atoms. The number of nitrogens with zero attached hydrogens (tertiary/aromatic N) is 4. The Balaban J connectivity index is 1.71. The van der Waals surface area contributed by atoms with E-state index in [4.69, 9.17) is 0 Å². The van der Waals surface area contributed by atoms with E-state index in [0.29, 0.717) is 0 Å². The van der Waals surface area contributed by atoms with Crippen LogP contribution in [-0.4, -0.2) is 26.2 Å². The van der Waals surface area contributed by atoms with Crippen LogP contribution in [0.15, 0.2) is 40.7 Å². The average Bonchev–Trinajstić information content (AvgIpc) is 2.94. The van der Waals surface area contributed by atoms with Gasteiger partial charge in [-0.2, -0.15) is 0 Å². The monoisotopic (exact) mass is 316 g/mol. The number of thiazole rings is 1. The van der Waals surface area contributed by atoms with Crippen LogP contribution in [0.3, 0.4) is 0 Å². The summed E-state index contributed by atoms with van der Waals surface area (Å²) in [5, 5.41) is 13.1. The predicted molar refractivity (Wildman–Crippen MR) is 90.6 cm³/mol. The number of nitrogens with one attached hydrogen (secondary N) is 1. The Morgan fingerprint density at radius 1 is 1.18 bits per heavy atom. The summed E-state index contributed by atoms with van der Waals surface area (Å²) in [6.07, 6.45) is 2.12. The molecule has 0 bridgehead atoms. The Morgan fingerprint density at radius 3 is 2.59 bits per heavy atom. The van der Waals surface area contributed by atoms with Crippen LogP contribution < -0.4 is 14.8 Å². The van der Waals surface area contributed by atoms with Crippen molar-refractivity contribution in [2.24, 2.45) is 10.2 Å². The third-order valence-corrected chi connectivity index (χ3v) is 4.69. The average molecular weight is 316 g/mol. The van der Waals surface area contributed by atoms with Crippen LogP contribution in [0.5, 0.6) is 0 Å². The number of benzene rings is 1. The normalized spacial score (nSPS) is 15.6. The van der Waals surface area contributed by atoms with Gasteiger partial charge < -0.3 is 10.2 Å². The summed E-state index contributed by atoms with van der Waals surface area (Å²) in [6, 6.07) is 8.34. The van der Waals surface area contributed by atoms with Gasteiger partial charge in [-0.15, -0.1) is 0 Å². The molecule has 0 saturated carbocycles. The maximum Gasteiger partial charge on any atom is 0.408 e. The van der Waals surface area contributed by atoms with E-state index in [2.05, 4.69) is 57.2 Å². The van der Waals surface area contributed by atoms with Crippen LogP contribution in [0, 0.1) is 6.92 Å². The van der Waals surface area contributed by atoms with Gasteiger partial charge in [-0.1, -0.05) is 0 Å². The fourth-order valence-corrected chi connectivity index (χ4v) is 3.41. The molecule has 1 aromatic carbocycles. The molecule has 2 heterocycles. The Labute approximate surface area is 135 Å². The van der Waals surface area contributed by atoms with Gasteiger partial charge in [0, 0.05) is 36.7 Å². The number of azo groups is 1. The number of aromatic nitrogens is 1. The second kappa shape index (κ2) is 6.98. The molecule has 116 valence electrons. The lowest BCUT2D eigenvalue weighted by molar-refractivity contribution is -0.677. The highest BCUT2D eigenvalue weighted by Crippen LogP contribution is 2.24. The van der Waals surface area contributed by atoms with E-state index in [1.54, 1.807) is 11.3 Å². The van der Waals surface area contributed by atoms with Crippen molar-refractivity contribution in [3.05, 3.63) is 35.3 Å². The van der Waals surface area contributed by atoms with E-state index < -0.39 is 0 Å². The van der Waals surface area contributed by atoms with Crippen molar-refractivity contribution in [2.75, 3.05) is 31.1 Å². The van der Waals surface area contributed by atoms with Gasteiger partial charge in [0.25, 0.3) is 0 Å². The number of anilines is 1. The first-order chi connectivity index (χ1) is 10.8. The molecule has 1 aromatic heterocycles. The Morgan fingerprint density at radius 2 is 1.91 bits per heavy atom. The van der Waals surface area contributed by atoms with Crippen molar-refractivity contribution in [2.45, 2.75) is 20.4 Å². The molecular weight excluding hydrogens is 294 g/mol. The molecule has 6 heteroatoms. The molecule has 3 rings (SSSR count). The van der Waals surface area contributed by atoms with E-state index in [0.717, 1.165) is 43.5 Å². The summed E-state index contributed by atoms with van der Waals surface area (Å²) >= 11 is 1.67. The van der Waals surface area contributed by atoms with Gasteiger partial charge in [0.1, 0.15) is 11.9 Å². The zero-order chi connectivity index (χ0) is 15.4. The quantitative estimate of drug-likeness (QED) is 0.695. The number of aryl methyl sites for hydroxylation is 2. The largest absolute Gasteiger partial charge is 0.408 e. The number of hydrogen-bond donors (Lipinski definition) is 1. The van der Waals surface area contributed by atoms with Crippen molar-refractivity contribution in [1.29, 1.82) is 0 Å². The summed E-state index contributed by atoms with van der Waals surface area (Å²) in [7, 11) is 0. The zero-order valence-corrected chi connectivity index (χ0v) is 13.9. The fraction of sp³-hybridized carbons (Fsp3) is 0.438. The highest BCUT2D eigenvalue weighted by molar-refractivity contribution is 7.14. The molecule has 1 saturated heterocycles. The minimum absolute atomic E-state index is 0.896. The summed E-state index contributed by atoms with van der Waals surface area (Å²) in [5.74, 6) is 0. The minimum atomic E-state index is 0.896. The highest BCUT2D eigenvalue weighted by atomic mass is 32.1. The number of rotatable bonds is 4.